The summed E-state index contributed by atoms with van der Waals surface area (Å²) in [5.41, 5.74) is -4.37. The Hall–Kier alpha value is -1.01. The number of carbonyl (C=O) groups excluding carboxylic acids is 1. The van der Waals surface area contributed by atoms with E-state index in [0.717, 1.165) is 0 Å². The van der Waals surface area contributed by atoms with Crippen LogP contribution in [0.5, 0.6) is 0 Å². The molecule has 0 saturated carbocycles. The third kappa shape index (κ3) is 10.0. The largest absolute Gasteiger partial charge is 0.459 e. The second-order valence-corrected chi connectivity index (χ2v) is 17.2. The Morgan fingerprint density at radius 3 is 2.12 bits per heavy atom. The van der Waals surface area contributed by atoms with Gasteiger partial charge in [-0.15, -0.1) is 0 Å². The predicted octanol–water partition coefficient (Wildman–Crippen LogP) is 1.90. The maximum absolute atomic E-state index is 14.2. The van der Waals surface area contributed by atoms with E-state index in [-0.39, 0.29) is 37.3 Å². The molecule has 1 unspecified atom stereocenters. The van der Waals surface area contributed by atoms with E-state index < -0.39 is 96.0 Å². The summed E-state index contributed by atoms with van der Waals surface area (Å²) < 4.78 is 37.5. The van der Waals surface area contributed by atoms with Crippen molar-refractivity contribution in [2.24, 2.45) is 17.8 Å². The molecular formula is C38H72N2O12. The van der Waals surface area contributed by atoms with E-state index in [1.54, 1.807) is 41.5 Å². The second kappa shape index (κ2) is 17.8. The summed E-state index contributed by atoms with van der Waals surface area (Å²) in [7, 11) is 7.12. The maximum atomic E-state index is 14.2. The lowest BCUT2D eigenvalue weighted by atomic mass is 9.77. The summed E-state index contributed by atoms with van der Waals surface area (Å²) in [4.78, 5) is 18.0. The van der Waals surface area contributed by atoms with Crippen LogP contribution in [0.15, 0.2) is 0 Å². The van der Waals surface area contributed by atoms with Crippen molar-refractivity contribution in [3.63, 3.8) is 0 Å². The van der Waals surface area contributed by atoms with Crippen molar-refractivity contribution in [1.29, 1.82) is 0 Å². The van der Waals surface area contributed by atoms with Gasteiger partial charge in [0.2, 0.25) is 0 Å². The van der Waals surface area contributed by atoms with Crippen molar-refractivity contribution in [3.8, 4) is 0 Å². The lowest BCUT2D eigenvalue weighted by Gasteiger charge is -2.48. The molecule has 0 spiro atoms. The third-order valence-corrected chi connectivity index (χ3v) is 12.2. The van der Waals surface area contributed by atoms with Gasteiger partial charge in [0.25, 0.3) is 0 Å². The van der Waals surface area contributed by atoms with Crippen LogP contribution < -0.4 is 0 Å². The standard InChI is InChI=1S/C38H72N2O12/c1-15-27-38(10,46)31(42)24(6)40(13)19-20(2)17-36(8,45)33(52-35-29(41)26(39(11)12)16-21(3)48-35)22(4)30(23(5)34(44)50-27)51-28-18-37(9,47-14)32(43)25(7)49-28/h20-33,35,41-43,45-46H,15-19H2,1-14H3/t20-,21-,22+,23-,24-,25+,26+,27-,28+,29-,30?,31-,32+,33+,35+,36-,37-,38-/m1/s1. The molecule has 0 amide bonds. The van der Waals surface area contributed by atoms with Crippen LogP contribution in [-0.2, 0) is 33.2 Å². The Morgan fingerprint density at radius 1 is 0.942 bits per heavy atom. The Balaban J connectivity index is 2.17. The summed E-state index contributed by atoms with van der Waals surface area (Å²) in [5.74, 6) is -2.58. The molecule has 3 aliphatic heterocycles. The highest BCUT2D eigenvalue weighted by Crippen LogP contribution is 2.40. The molecule has 3 saturated heterocycles. The molecule has 3 heterocycles. The van der Waals surface area contributed by atoms with Crippen molar-refractivity contribution < 1.29 is 58.7 Å². The van der Waals surface area contributed by atoms with Gasteiger partial charge >= 0.3 is 5.97 Å². The summed E-state index contributed by atoms with van der Waals surface area (Å²) in [6, 6.07) is -0.808. The van der Waals surface area contributed by atoms with Gasteiger partial charge in [-0.3, -0.25) is 4.79 Å². The molecule has 0 aromatic heterocycles. The highest BCUT2D eigenvalue weighted by molar-refractivity contribution is 5.73. The number of hydrogen-bond donors (Lipinski definition) is 5. The van der Waals surface area contributed by atoms with Crippen LogP contribution in [-0.4, -0.2) is 166 Å². The Bertz CT molecular complexity index is 1140. The summed E-state index contributed by atoms with van der Waals surface area (Å²) in [6.45, 7) is 18.0. The normalized spacial score (nSPS) is 49.6. The number of rotatable bonds is 7. The van der Waals surface area contributed by atoms with E-state index in [0.29, 0.717) is 13.0 Å². The fourth-order valence-electron chi connectivity index (χ4n) is 8.74. The highest BCUT2D eigenvalue weighted by atomic mass is 16.7. The SMILES string of the molecule is CC[C@H]1OC(=O)[C@H](C)C(O[C@H]2C[C@@](C)(OC)[C@@H](O)[C@H](C)O2)[C@H](C)[C@H](O[C@@H]2O[C@H](C)C[C@H](N(C)C)[C@H]2O)[C@](C)(O)C[C@@H](C)CN(C)[C@H](C)[C@@H](O)[C@]1(C)O. The molecule has 0 bridgehead atoms. The first-order valence-corrected chi connectivity index (χ1v) is 19.1. The molecule has 0 aliphatic carbocycles. The van der Waals surface area contributed by atoms with Gasteiger partial charge in [0, 0.05) is 38.1 Å². The average molecular weight is 749 g/mol. The molecule has 0 aromatic rings. The van der Waals surface area contributed by atoms with Crippen LogP contribution in [0.25, 0.3) is 0 Å². The molecule has 306 valence electrons. The van der Waals surface area contributed by atoms with E-state index >= 15 is 0 Å². The molecule has 5 N–H and O–H groups in total. The molecule has 0 aromatic carbocycles. The van der Waals surface area contributed by atoms with Gasteiger partial charge < -0.3 is 63.8 Å². The number of hydrogen-bond acceptors (Lipinski definition) is 14. The minimum absolute atomic E-state index is 0.133. The smallest absolute Gasteiger partial charge is 0.311 e. The number of esters is 1. The average Bonchev–Trinajstić information content (AvgIpc) is 3.05. The zero-order chi connectivity index (χ0) is 39.7. The molecule has 18 atom stereocenters. The number of ether oxygens (including phenoxy) is 6. The van der Waals surface area contributed by atoms with Gasteiger partial charge in [0.15, 0.2) is 12.6 Å². The zero-order valence-electron chi connectivity index (χ0n) is 34.2. The quantitative estimate of drug-likeness (QED) is 0.238. The van der Waals surface area contributed by atoms with Gasteiger partial charge in [-0.1, -0.05) is 20.8 Å². The summed E-state index contributed by atoms with van der Waals surface area (Å²) in [5, 5.41) is 58.1. The lowest BCUT2D eigenvalue weighted by molar-refractivity contribution is -0.318. The molecule has 0 radical (unpaired) electrons. The van der Waals surface area contributed by atoms with Gasteiger partial charge in [0.05, 0.1) is 41.5 Å². The van der Waals surface area contributed by atoms with E-state index in [1.165, 1.54) is 14.0 Å². The number of methoxy groups -OCH3 is 1. The third-order valence-electron chi connectivity index (χ3n) is 12.2. The van der Waals surface area contributed by atoms with E-state index in [2.05, 4.69) is 0 Å². The molecule has 14 heteroatoms. The number of nitrogens with zero attached hydrogens (tertiary/aromatic N) is 2. The number of carbonyl (C=O) groups is 1. The van der Waals surface area contributed by atoms with Gasteiger partial charge in [-0.25, -0.2) is 0 Å². The van der Waals surface area contributed by atoms with Crippen molar-refractivity contribution in [1.82, 2.24) is 9.80 Å². The number of aliphatic hydroxyl groups is 5. The summed E-state index contributed by atoms with van der Waals surface area (Å²) >= 11 is 0. The van der Waals surface area contributed by atoms with E-state index in [1.807, 2.05) is 51.7 Å². The monoisotopic (exact) mass is 749 g/mol. The number of aliphatic hydroxyl groups excluding tert-OH is 3. The fourth-order valence-corrected chi connectivity index (χ4v) is 8.74. The van der Waals surface area contributed by atoms with Gasteiger partial charge in [-0.05, 0) is 94.8 Å². The van der Waals surface area contributed by atoms with Crippen molar-refractivity contribution >= 4 is 5.97 Å². The van der Waals surface area contributed by atoms with Crippen LogP contribution in [0.4, 0.5) is 0 Å². The Labute approximate surface area is 312 Å². The second-order valence-electron chi connectivity index (χ2n) is 17.2. The van der Waals surface area contributed by atoms with Crippen molar-refractivity contribution in [2.45, 2.75) is 185 Å². The Morgan fingerprint density at radius 2 is 1.56 bits per heavy atom. The number of likely N-dealkylation sites (N-methyl/N-ethyl adjacent to an activating group) is 2. The highest BCUT2D eigenvalue weighted by Gasteiger charge is 2.52. The van der Waals surface area contributed by atoms with Crippen molar-refractivity contribution in [2.75, 3.05) is 34.8 Å². The Kier molecular flexibility index (Phi) is 15.6. The lowest BCUT2D eigenvalue weighted by Crippen LogP contribution is -2.60. The minimum Gasteiger partial charge on any atom is -0.459 e. The zero-order valence-corrected chi connectivity index (χ0v) is 34.2. The van der Waals surface area contributed by atoms with Crippen LogP contribution in [0.3, 0.4) is 0 Å². The topological polar surface area (TPSA) is 180 Å². The molecular weight excluding hydrogens is 676 g/mol. The van der Waals surface area contributed by atoms with Gasteiger partial charge in [0.1, 0.15) is 30.0 Å². The van der Waals surface area contributed by atoms with E-state index in [4.69, 9.17) is 28.4 Å². The predicted molar refractivity (Wildman–Crippen MR) is 194 cm³/mol. The van der Waals surface area contributed by atoms with Crippen molar-refractivity contribution in [3.05, 3.63) is 0 Å². The summed E-state index contributed by atoms with van der Waals surface area (Å²) in [6.07, 6.45) is -8.19. The molecule has 3 rings (SSSR count). The molecule has 3 aliphatic rings. The van der Waals surface area contributed by atoms with Gasteiger partial charge in [-0.2, -0.15) is 0 Å². The molecule has 14 nitrogen and oxygen atoms in total. The maximum Gasteiger partial charge on any atom is 0.311 e. The minimum atomic E-state index is -1.80. The first-order chi connectivity index (χ1) is 23.9. The first-order valence-electron chi connectivity index (χ1n) is 19.1. The van der Waals surface area contributed by atoms with Crippen LogP contribution in [0, 0.1) is 17.8 Å². The fraction of sp³-hybridized carbons (Fsp3) is 0.974. The van der Waals surface area contributed by atoms with Crippen LogP contribution in [0.1, 0.15) is 94.9 Å². The first kappa shape index (κ1) is 45.4. The van der Waals surface area contributed by atoms with Crippen LogP contribution >= 0.6 is 0 Å². The number of cyclic esters (lactones) is 1. The molecule has 3 fully saturated rings. The molecule has 52 heavy (non-hydrogen) atoms. The van der Waals surface area contributed by atoms with E-state index in [9.17, 15) is 30.3 Å². The van der Waals surface area contributed by atoms with Crippen LogP contribution in [0.2, 0.25) is 0 Å².